The third-order valence-corrected chi connectivity index (χ3v) is 4.02. The van der Waals surface area contributed by atoms with Gasteiger partial charge in [0.15, 0.2) is 0 Å². The molecule has 1 aromatic heterocycles. The monoisotopic (exact) mass is 405 g/mol. The lowest BCUT2D eigenvalue weighted by Crippen LogP contribution is -1.91. The van der Waals surface area contributed by atoms with Crippen LogP contribution in [0.5, 0.6) is 0 Å². The summed E-state index contributed by atoms with van der Waals surface area (Å²) >= 11 is 0. The van der Waals surface area contributed by atoms with Crippen LogP contribution >= 0.6 is 0 Å². The Bertz CT molecular complexity index is 1010. The molecule has 3 aromatic carbocycles. The van der Waals surface area contributed by atoms with E-state index in [4.69, 9.17) is 21.9 Å². The second kappa shape index (κ2) is 9.25. The summed E-state index contributed by atoms with van der Waals surface area (Å²) in [7, 11) is -5.17. The van der Waals surface area contributed by atoms with Gasteiger partial charge in [0.05, 0.1) is 23.3 Å². The van der Waals surface area contributed by atoms with Crippen LogP contribution in [0.1, 0.15) is 0 Å². The number of hydrogen-bond donors (Lipinski definition) is 0. The minimum atomic E-state index is -5.17. The van der Waals surface area contributed by atoms with Crippen molar-refractivity contribution < 1.29 is 21.9 Å². The molecule has 0 bridgehead atoms. The van der Waals surface area contributed by atoms with E-state index >= 15 is 0 Å². The summed E-state index contributed by atoms with van der Waals surface area (Å²) < 4.78 is 40.3. The fraction of sp³-hybridized carbons (Fsp3) is 0. The van der Waals surface area contributed by atoms with Crippen molar-refractivity contribution in [2.75, 3.05) is 0 Å². The van der Waals surface area contributed by atoms with Crippen LogP contribution in [0.4, 0.5) is 0 Å². The van der Waals surface area contributed by atoms with Gasteiger partial charge in [0.2, 0.25) is 0 Å². The van der Waals surface area contributed by atoms with E-state index in [1.165, 1.54) is 5.56 Å². The van der Waals surface area contributed by atoms with Gasteiger partial charge in [0.1, 0.15) is 0 Å². The molecule has 146 valence electrons. The van der Waals surface area contributed by atoms with Crippen LogP contribution in [-0.4, -0.2) is 17.5 Å². The molecule has 0 aliphatic carbocycles. The van der Waals surface area contributed by atoms with Gasteiger partial charge in [-0.25, -0.2) is 4.42 Å². The Hall–Kier alpha value is -3.32. The van der Waals surface area contributed by atoms with E-state index in [9.17, 15) is 0 Å². The molecule has 4 rings (SSSR count). The van der Waals surface area contributed by atoms with Crippen molar-refractivity contribution in [1.29, 1.82) is 0 Å². The van der Waals surface area contributed by atoms with Crippen molar-refractivity contribution in [3.8, 4) is 33.8 Å². The van der Waals surface area contributed by atoms with Crippen molar-refractivity contribution in [3.05, 3.63) is 103 Å². The molecule has 0 atom stereocenters. The summed E-state index contributed by atoms with van der Waals surface area (Å²) in [4.78, 5) is 0. The Labute approximate surface area is 169 Å². The van der Waals surface area contributed by atoms with Gasteiger partial charge in [0.25, 0.3) is 0 Å². The zero-order valence-corrected chi connectivity index (χ0v) is 16.1. The van der Waals surface area contributed by atoms with Gasteiger partial charge in [-0.15, -0.1) is 0 Å². The molecule has 0 spiro atoms. The molecular weight excluding hydrogens is 388 g/mol. The second-order valence-corrected chi connectivity index (χ2v) is 6.90. The van der Waals surface area contributed by atoms with E-state index in [1.54, 1.807) is 0 Å². The zero-order chi connectivity index (χ0) is 20.7. The molecule has 29 heavy (non-hydrogen) atoms. The van der Waals surface area contributed by atoms with Crippen LogP contribution < -0.4 is 0 Å². The largest absolute Gasteiger partial charge is 0.759 e. The fourth-order valence-electron chi connectivity index (χ4n) is 2.79. The molecule has 4 aromatic rings. The van der Waals surface area contributed by atoms with Crippen LogP contribution in [0.3, 0.4) is 0 Å². The van der Waals surface area contributed by atoms with Crippen molar-refractivity contribution in [2.45, 2.75) is 0 Å². The van der Waals surface area contributed by atoms with Gasteiger partial charge in [-0.2, -0.15) is 0 Å². The first kappa shape index (κ1) is 20.4. The molecule has 0 amide bonds. The first-order chi connectivity index (χ1) is 13.9. The highest BCUT2D eigenvalue weighted by molar-refractivity contribution is 7.79. The molecule has 0 radical (unpaired) electrons. The molecule has 0 aliphatic rings. The average molecular weight is 405 g/mol. The van der Waals surface area contributed by atoms with E-state index in [1.807, 2.05) is 42.5 Å². The molecule has 0 fully saturated rings. The van der Waals surface area contributed by atoms with E-state index in [0.29, 0.717) is 0 Å². The average Bonchev–Trinajstić information content (AvgIpc) is 2.74. The standard InChI is InChI=1S/C23H17O.H2O4S/c1-4-10-18(11-5-1)21-16-22(19-12-6-2-7-13-19)24-23(17-21)20-14-8-3-9-15-20;1-5(2,3)4/h1-17H;(H2,1,2,3,4)/q+1;/p-2. The summed E-state index contributed by atoms with van der Waals surface area (Å²) in [5, 5.41) is 0. The molecule has 5 nitrogen and oxygen atoms in total. The van der Waals surface area contributed by atoms with Gasteiger partial charge in [-0.1, -0.05) is 66.7 Å². The number of rotatable bonds is 3. The van der Waals surface area contributed by atoms with E-state index in [-0.39, 0.29) is 0 Å². The predicted molar refractivity (Wildman–Crippen MR) is 110 cm³/mol. The highest BCUT2D eigenvalue weighted by atomic mass is 32.3. The van der Waals surface area contributed by atoms with Gasteiger partial charge < -0.3 is 9.11 Å². The van der Waals surface area contributed by atoms with Crippen molar-refractivity contribution in [3.63, 3.8) is 0 Å². The Balaban J connectivity index is 0.000000431. The molecule has 1 heterocycles. The van der Waals surface area contributed by atoms with Crippen molar-refractivity contribution >= 4 is 10.4 Å². The Morgan fingerprint density at radius 3 is 1.17 bits per heavy atom. The number of benzene rings is 3. The third-order valence-electron chi connectivity index (χ3n) is 4.02. The van der Waals surface area contributed by atoms with Crippen LogP contribution in [0.15, 0.2) is 108 Å². The Kier molecular flexibility index (Phi) is 6.51. The molecule has 0 N–H and O–H groups in total. The van der Waals surface area contributed by atoms with E-state index in [0.717, 1.165) is 28.2 Å². The summed E-state index contributed by atoms with van der Waals surface area (Å²) in [5.74, 6) is 1.74. The Morgan fingerprint density at radius 2 is 0.828 bits per heavy atom. The lowest BCUT2D eigenvalue weighted by atomic mass is 10.0. The minimum absolute atomic E-state index is 0.871. The topological polar surface area (TPSA) is 91.6 Å². The van der Waals surface area contributed by atoms with Gasteiger partial charge in [0, 0.05) is 16.0 Å². The normalized spacial score (nSPS) is 10.7. The zero-order valence-electron chi connectivity index (χ0n) is 15.3. The Morgan fingerprint density at radius 1 is 0.517 bits per heavy atom. The lowest BCUT2D eigenvalue weighted by Gasteiger charge is -2.06. The smallest absolute Gasteiger partial charge is 0.361 e. The maximum atomic E-state index is 8.52. The maximum absolute atomic E-state index is 8.52. The summed E-state index contributed by atoms with van der Waals surface area (Å²) in [6.07, 6.45) is 0. The maximum Gasteiger partial charge on any atom is 0.361 e. The lowest BCUT2D eigenvalue weighted by molar-refractivity contribution is 0.352. The van der Waals surface area contributed by atoms with Gasteiger partial charge in [-0.05, 0) is 29.8 Å². The minimum Gasteiger partial charge on any atom is -0.759 e. The van der Waals surface area contributed by atoms with Crippen molar-refractivity contribution in [1.82, 2.24) is 0 Å². The molecule has 0 saturated heterocycles. The van der Waals surface area contributed by atoms with E-state index in [2.05, 4.69) is 60.7 Å². The molecule has 6 heteroatoms. The summed E-state index contributed by atoms with van der Waals surface area (Å²) in [6.45, 7) is 0. The van der Waals surface area contributed by atoms with Gasteiger partial charge >= 0.3 is 11.5 Å². The SMILES string of the molecule is O=S(=O)([O-])[O-].c1ccc(-c2cc(-c3ccccc3)[o+]c(-c3ccccc3)c2)cc1. The molecular formula is C23H17O5S-. The van der Waals surface area contributed by atoms with Crippen LogP contribution in [-0.2, 0) is 10.4 Å². The quantitative estimate of drug-likeness (QED) is 0.265. The molecule has 0 saturated carbocycles. The highest BCUT2D eigenvalue weighted by Crippen LogP contribution is 2.32. The highest BCUT2D eigenvalue weighted by Gasteiger charge is 2.20. The second-order valence-electron chi connectivity index (χ2n) is 6.08. The van der Waals surface area contributed by atoms with E-state index < -0.39 is 10.4 Å². The summed E-state index contributed by atoms with van der Waals surface area (Å²) in [6, 6.07) is 35.1. The predicted octanol–water partition coefficient (Wildman–Crippen LogP) is 5.22. The molecule has 0 unspecified atom stereocenters. The van der Waals surface area contributed by atoms with Crippen LogP contribution in [0.2, 0.25) is 0 Å². The van der Waals surface area contributed by atoms with Crippen LogP contribution in [0, 0.1) is 0 Å². The van der Waals surface area contributed by atoms with Gasteiger partial charge in [-0.3, -0.25) is 8.42 Å². The summed E-state index contributed by atoms with van der Waals surface area (Å²) in [5.41, 5.74) is 4.49. The van der Waals surface area contributed by atoms with Crippen LogP contribution in [0.25, 0.3) is 33.8 Å². The molecule has 0 aliphatic heterocycles. The fourth-order valence-corrected chi connectivity index (χ4v) is 2.79. The first-order valence-electron chi connectivity index (χ1n) is 8.71. The number of hydrogen-bond acceptors (Lipinski definition) is 4. The first-order valence-corrected chi connectivity index (χ1v) is 10.0. The third kappa shape index (κ3) is 6.36. The van der Waals surface area contributed by atoms with Crippen molar-refractivity contribution in [2.24, 2.45) is 0 Å².